The quantitative estimate of drug-likeness (QED) is 0.630. The summed E-state index contributed by atoms with van der Waals surface area (Å²) in [6, 6.07) is 12.3. The standard InChI is InChI=1S/C22H20F3N3O3/c1-3-28(13-19(29)27-14-7-6-8-15(11-14)31-2)21(30)17-12-26-18-10-5-4-9-16(18)20(17)22(23,24)25/h4-12H,3,13H2,1-2H3,(H,27,29). The van der Waals surface area contributed by atoms with E-state index in [1.807, 2.05) is 0 Å². The van der Waals surface area contributed by atoms with Crippen LogP contribution in [0.3, 0.4) is 0 Å². The molecule has 0 saturated carbocycles. The fourth-order valence-corrected chi connectivity index (χ4v) is 3.18. The maximum Gasteiger partial charge on any atom is 0.417 e. The number of pyridine rings is 1. The Hall–Kier alpha value is -3.62. The van der Waals surface area contributed by atoms with Crippen molar-refractivity contribution in [3.63, 3.8) is 0 Å². The maximum absolute atomic E-state index is 13.8. The number of hydrogen-bond acceptors (Lipinski definition) is 4. The van der Waals surface area contributed by atoms with Gasteiger partial charge in [-0.05, 0) is 25.1 Å². The summed E-state index contributed by atoms with van der Waals surface area (Å²) in [5.41, 5.74) is -1.08. The van der Waals surface area contributed by atoms with Gasteiger partial charge < -0.3 is 15.0 Å². The van der Waals surface area contributed by atoms with Crippen LogP contribution in [-0.2, 0) is 11.0 Å². The zero-order valence-electron chi connectivity index (χ0n) is 16.9. The molecule has 2 amide bonds. The molecule has 2 aromatic carbocycles. The van der Waals surface area contributed by atoms with Crippen LogP contribution in [0.1, 0.15) is 22.8 Å². The number of likely N-dealkylation sites (N-methyl/N-ethyl adjacent to an activating group) is 1. The van der Waals surface area contributed by atoms with Crippen molar-refractivity contribution in [3.8, 4) is 5.75 Å². The van der Waals surface area contributed by atoms with E-state index in [1.54, 1.807) is 37.3 Å². The summed E-state index contributed by atoms with van der Waals surface area (Å²) in [5.74, 6) is -0.946. The SMILES string of the molecule is CCN(CC(=O)Nc1cccc(OC)c1)C(=O)c1cnc2ccccc2c1C(F)(F)F. The summed E-state index contributed by atoms with van der Waals surface area (Å²) in [7, 11) is 1.48. The van der Waals surface area contributed by atoms with Crippen LogP contribution in [0, 0.1) is 0 Å². The molecule has 0 radical (unpaired) electrons. The lowest BCUT2D eigenvalue weighted by molar-refractivity contribution is -0.136. The fourth-order valence-electron chi connectivity index (χ4n) is 3.18. The van der Waals surface area contributed by atoms with Crippen molar-refractivity contribution in [2.45, 2.75) is 13.1 Å². The molecule has 0 unspecified atom stereocenters. The summed E-state index contributed by atoms with van der Waals surface area (Å²) in [4.78, 5) is 30.4. The molecule has 0 aliphatic carbocycles. The molecular weight excluding hydrogens is 411 g/mol. The minimum atomic E-state index is -4.77. The van der Waals surface area contributed by atoms with Gasteiger partial charge in [0.05, 0.1) is 23.8 Å². The minimum Gasteiger partial charge on any atom is -0.497 e. The second kappa shape index (κ2) is 9.03. The first-order valence-corrected chi connectivity index (χ1v) is 9.42. The number of hydrogen-bond donors (Lipinski definition) is 1. The van der Waals surface area contributed by atoms with Crippen molar-refractivity contribution in [3.05, 3.63) is 65.9 Å². The van der Waals surface area contributed by atoms with Crippen molar-refractivity contribution in [1.82, 2.24) is 9.88 Å². The highest BCUT2D eigenvalue weighted by atomic mass is 19.4. The maximum atomic E-state index is 13.8. The van der Waals surface area contributed by atoms with Crippen LogP contribution < -0.4 is 10.1 Å². The third-order valence-electron chi connectivity index (χ3n) is 4.65. The van der Waals surface area contributed by atoms with Crippen molar-refractivity contribution in [1.29, 1.82) is 0 Å². The molecule has 0 spiro atoms. The van der Waals surface area contributed by atoms with E-state index in [1.165, 1.54) is 25.3 Å². The predicted octanol–water partition coefficient (Wildman–Crippen LogP) is 4.36. The molecule has 1 aromatic heterocycles. The van der Waals surface area contributed by atoms with E-state index < -0.39 is 35.7 Å². The molecule has 0 fully saturated rings. The van der Waals surface area contributed by atoms with E-state index in [0.717, 1.165) is 11.1 Å². The Morgan fingerprint density at radius 1 is 1.13 bits per heavy atom. The summed E-state index contributed by atoms with van der Waals surface area (Å²) < 4.78 is 46.6. The average Bonchev–Trinajstić information content (AvgIpc) is 2.75. The van der Waals surface area contributed by atoms with E-state index in [4.69, 9.17) is 4.74 Å². The molecule has 0 aliphatic rings. The van der Waals surface area contributed by atoms with Gasteiger partial charge in [-0.1, -0.05) is 24.3 Å². The van der Waals surface area contributed by atoms with Gasteiger partial charge in [0.1, 0.15) is 12.3 Å². The van der Waals surface area contributed by atoms with Gasteiger partial charge in [-0.2, -0.15) is 13.2 Å². The molecule has 1 N–H and O–H groups in total. The van der Waals surface area contributed by atoms with Crippen molar-refractivity contribution in [2.24, 2.45) is 0 Å². The Kier molecular flexibility index (Phi) is 6.43. The number of anilines is 1. The van der Waals surface area contributed by atoms with E-state index in [9.17, 15) is 22.8 Å². The number of benzene rings is 2. The summed E-state index contributed by atoms with van der Waals surface area (Å²) in [6.07, 6.45) is -3.86. The van der Waals surface area contributed by atoms with E-state index in [2.05, 4.69) is 10.3 Å². The normalized spacial score (nSPS) is 11.3. The van der Waals surface area contributed by atoms with E-state index in [0.29, 0.717) is 11.4 Å². The van der Waals surface area contributed by atoms with Gasteiger partial charge in [0.2, 0.25) is 5.91 Å². The largest absolute Gasteiger partial charge is 0.497 e. The van der Waals surface area contributed by atoms with Crippen LogP contribution in [0.15, 0.2) is 54.7 Å². The summed E-state index contributed by atoms with van der Waals surface area (Å²) in [6.45, 7) is 1.20. The van der Waals surface area contributed by atoms with E-state index in [-0.39, 0.29) is 17.4 Å². The summed E-state index contributed by atoms with van der Waals surface area (Å²) >= 11 is 0. The monoisotopic (exact) mass is 431 g/mol. The van der Waals surface area contributed by atoms with Crippen LogP contribution in [0.25, 0.3) is 10.9 Å². The topological polar surface area (TPSA) is 71.5 Å². The van der Waals surface area contributed by atoms with Gasteiger partial charge in [-0.25, -0.2) is 0 Å². The number of halogens is 3. The number of amides is 2. The number of aromatic nitrogens is 1. The highest BCUT2D eigenvalue weighted by molar-refractivity contribution is 6.03. The molecule has 1 heterocycles. The second-order valence-corrected chi connectivity index (χ2v) is 6.66. The van der Waals surface area contributed by atoms with Crippen LogP contribution in [0.2, 0.25) is 0 Å². The molecule has 0 atom stereocenters. The number of alkyl halides is 3. The zero-order valence-corrected chi connectivity index (χ0v) is 16.9. The molecule has 0 aliphatic heterocycles. The van der Waals surface area contributed by atoms with Crippen LogP contribution in [0.5, 0.6) is 5.75 Å². The Bertz CT molecular complexity index is 1120. The molecule has 162 valence electrons. The Balaban J connectivity index is 1.88. The fraction of sp³-hybridized carbons (Fsp3) is 0.227. The lowest BCUT2D eigenvalue weighted by Crippen LogP contribution is -2.38. The molecule has 6 nitrogen and oxygen atoms in total. The number of carbonyl (C=O) groups excluding carboxylic acids is 2. The van der Waals surface area contributed by atoms with Crippen molar-refractivity contribution < 1.29 is 27.5 Å². The first-order valence-electron chi connectivity index (χ1n) is 9.42. The molecule has 9 heteroatoms. The molecule has 3 aromatic rings. The van der Waals surface area contributed by atoms with E-state index >= 15 is 0 Å². The number of fused-ring (bicyclic) bond motifs is 1. The molecule has 0 bridgehead atoms. The molecule has 31 heavy (non-hydrogen) atoms. The van der Waals surface area contributed by atoms with Crippen LogP contribution in [-0.4, -0.2) is 41.9 Å². The Labute approximate surface area is 176 Å². The van der Waals surface area contributed by atoms with Crippen molar-refractivity contribution >= 4 is 28.4 Å². The first-order chi connectivity index (χ1) is 14.7. The van der Waals surface area contributed by atoms with Gasteiger partial charge in [0, 0.05) is 29.9 Å². The Morgan fingerprint density at radius 2 is 1.87 bits per heavy atom. The van der Waals surface area contributed by atoms with Gasteiger partial charge in [-0.3, -0.25) is 14.6 Å². The Morgan fingerprint density at radius 3 is 2.55 bits per heavy atom. The van der Waals surface area contributed by atoms with Crippen LogP contribution >= 0.6 is 0 Å². The van der Waals surface area contributed by atoms with Crippen molar-refractivity contribution in [2.75, 3.05) is 25.5 Å². The number of carbonyl (C=O) groups is 2. The van der Waals surface area contributed by atoms with Gasteiger partial charge in [-0.15, -0.1) is 0 Å². The molecule has 0 saturated heterocycles. The number of ether oxygens (including phenoxy) is 1. The van der Waals surface area contributed by atoms with Gasteiger partial charge in [0.25, 0.3) is 5.91 Å². The number of rotatable bonds is 6. The predicted molar refractivity (Wildman–Crippen MR) is 110 cm³/mol. The highest BCUT2D eigenvalue weighted by Crippen LogP contribution is 2.37. The number of para-hydroxylation sites is 1. The number of nitrogens with zero attached hydrogens (tertiary/aromatic N) is 2. The lowest BCUT2D eigenvalue weighted by Gasteiger charge is -2.23. The van der Waals surface area contributed by atoms with Crippen LogP contribution in [0.4, 0.5) is 18.9 Å². The highest BCUT2D eigenvalue weighted by Gasteiger charge is 2.38. The second-order valence-electron chi connectivity index (χ2n) is 6.66. The molecule has 3 rings (SSSR count). The lowest BCUT2D eigenvalue weighted by atomic mass is 10.0. The zero-order chi connectivity index (χ0) is 22.6. The average molecular weight is 431 g/mol. The third-order valence-corrected chi connectivity index (χ3v) is 4.65. The van der Waals surface area contributed by atoms with Gasteiger partial charge in [0.15, 0.2) is 0 Å². The third kappa shape index (κ3) is 4.93. The summed E-state index contributed by atoms with van der Waals surface area (Å²) in [5, 5.41) is 2.44. The number of methoxy groups -OCH3 is 1. The minimum absolute atomic E-state index is 0.0362. The number of nitrogens with one attached hydrogen (secondary N) is 1. The first kappa shape index (κ1) is 22.1. The smallest absolute Gasteiger partial charge is 0.417 e. The molecular formula is C22H20F3N3O3. The van der Waals surface area contributed by atoms with Gasteiger partial charge >= 0.3 is 6.18 Å².